The van der Waals surface area contributed by atoms with Crippen LogP contribution in [0.3, 0.4) is 0 Å². The highest BCUT2D eigenvalue weighted by atomic mass is 16.5. The highest BCUT2D eigenvalue weighted by molar-refractivity contribution is 5.97. The van der Waals surface area contributed by atoms with E-state index >= 15 is 0 Å². The lowest BCUT2D eigenvalue weighted by atomic mass is 9.97. The number of anilines is 1. The van der Waals surface area contributed by atoms with E-state index < -0.39 is 5.54 Å². The van der Waals surface area contributed by atoms with E-state index in [9.17, 15) is 14.9 Å². The number of carbonyl (C=O) groups is 1. The molecule has 2 aliphatic rings. The summed E-state index contributed by atoms with van der Waals surface area (Å²) >= 11 is 0. The van der Waals surface area contributed by atoms with E-state index in [1.807, 2.05) is 44.2 Å². The Morgan fingerprint density at radius 2 is 1.78 bits per heavy atom. The van der Waals surface area contributed by atoms with Gasteiger partial charge in [-0.05, 0) is 69.2 Å². The summed E-state index contributed by atoms with van der Waals surface area (Å²) in [4.78, 5) is 40.3. The minimum atomic E-state index is -0.500. The van der Waals surface area contributed by atoms with E-state index in [1.54, 1.807) is 39.8 Å². The fourth-order valence-electron chi connectivity index (χ4n) is 6.17. The summed E-state index contributed by atoms with van der Waals surface area (Å²) in [5.41, 5.74) is 6.94. The number of nitrogens with two attached hydrogens (primary N) is 1. The largest absolute Gasteiger partial charge is 0.457 e. The van der Waals surface area contributed by atoms with Crippen molar-refractivity contribution in [2.45, 2.75) is 38.3 Å². The Morgan fingerprint density at radius 3 is 2.49 bits per heavy atom. The van der Waals surface area contributed by atoms with Gasteiger partial charge in [-0.3, -0.25) is 18.8 Å². The zero-order valence-electron chi connectivity index (χ0n) is 25.4. The first-order chi connectivity index (χ1) is 21.8. The van der Waals surface area contributed by atoms with E-state index in [2.05, 4.69) is 20.9 Å². The third-order valence-electron chi connectivity index (χ3n) is 8.48. The number of fused-ring (bicyclic) bond motifs is 1. The van der Waals surface area contributed by atoms with Gasteiger partial charge in [0.1, 0.15) is 35.0 Å². The van der Waals surface area contributed by atoms with Crippen LogP contribution in [0.15, 0.2) is 77.4 Å². The first-order valence-corrected chi connectivity index (χ1v) is 15.1. The first kappa shape index (κ1) is 30.1. The molecule has 4 aromatic rings. The molecule has 12 heteroatoms. The van der Waals surface area contributed by atoms with Crippen LogP contribution < -0.4 is 16.2 Å². The summed E-state index contributed by atoms with van der Waals surface area (Å²) in [7, 11) is 0. The molecule has 2 aliphatic heterocycles. The maximum Gasteiger partial charge on any atom is 0.335 e. The summed E-state index contributed by atoms with van der Waals surface area (Å²) in [6.07, 6.45) is 4.40. The number of nitrogen functional groups attached to an aromatic ring is 1. The van der Waals surface area contributed by atoms with Gasteiger partial charge in [0.2, 0.25) is 0 Å². The standard InChI is InChI=1S/C33H36N8O4/c1-33(2,39-15-17-44-18-16-39)19-23(20-34)31(42)38-14-6-7-25(21-38)41-30-28(29(35)36-22-37-30)40(32(41)43)24-10-12-27(13-11-24)45-26-8-4-3-5-9-26/h3-5,8-13,19,22,25H,6-7,14-18,21H2,1-2H3,(H2,35,36,37). The summed E-state index contributed by atoms with van der Waals surface area (Å²) in [5.74, 6) is 1.14. The molecule has 0 bridgehead atoms. The summed E-state index contributed by atoms with van der Waals surface area (Å²) in [6, 6.07) is 18.3. The average molecular weight is 609 g/mol. The number of ether oxygens (including phenoxy) is 2. The average Bonchev–Trinajstić information content (AvgIpc) is 3.37. The number of likely N-dealkylation sites (tertiary alicyclic amines) is 1. The van der Waals surface area contributed by atoms with Crippen LogP contribution in [0.4, 0.5) is 5.82 Å². The molecule has 2 aromatic heterocycles. The SMILES string of the molecule is CC(C)(C=C(C#N)C(=O)N1CCCC(n2c(=O)n(-c3ccc(Oc4ccccc4)cc3)c3c(N)ncnc32)C1)N1CCOCC1. The zero-order chi connectivity index (χ0) is 31.6. The fraction of sp³-hybridized carbons (Fsp3) is 0.364. The minimum Gasteiger partial charge on any atom is -0.457 e. The quantitative estimate of drug-likeness (QED) is 0.245. The van der Waals surface area contributed by atoms with Crippen molar-refractivity contribution in [1.82, 2.24) is 28.9 Å². The number of hydrogen-bond donors (Lipinski definition) is 1. The number of nitrogens with zero attached hydrogens (tertiary/aromatic N) is 7. The smallest absolute Gasteiger partial charge is 0.335 e. The second-order valence-electron chi connectivity index (χ2n) is 11.8. The Morgan fingerprint density at radius 1 is 1.07 bits per heavy atom. The third-order valence-corrected chi connectivity index (χ3v) is 8.48. The molecule has 2 aromatic carbocycles. The summed E-state index contributed by atoms with van der Waals surface area (Å²) < 4.78 is 14.5. The number of piperidine rings is 1. The van der Waals surface area contributed by atoms with Crippen LogP contribution in [-0.2, 0) is 9.53 Å². The Labute approximate surface area is 260 Å². The molecule has 0 aliphatic carbocycles. The van der Waals surface area contributed by atoms with Gasteiger partial charge in [-0.15, -0.1) is 0 Å². The van der Waals surface area contributed by atoms with Crippen LogP contribution >= 0.6 is 0 Å². The van der Waals surface area contributed by atoms with Crippen molar-refractivity contribution in [3.8, 4) is 23.3 Å². The maximum atomic E-state index is 14.1. The van der Waals surface area contributed by atoms with Gasteiger partial charge in [-0.25, -0.2) is 14.8 Å². The van der Waals surface area contributed by atoms with Gasteiger partial charge < -0.3 is 20.1 Å². The molecule has 2 saturated heterocycles. The lowest BCUT2D eigenvalue weighted by Crippen LogP contribution is -2.49. The molecule has 1 unspecified atom stereocenters. The molecule has 232 valence electrons. The van der Waals surface area contributed by atoms with Crippen molar-refractivity contribution >= 4 is 22.9 Å². The van der Waals surface area contributed by atoms with Crippen molar-refractivity contribution in [2.24, 2.45) is 0 Å². The number of morpholine rings is 1. The van der Waals surface area contributed by atoms with E-state index in [0.29, 0.717) is 61.0 Å². The lowest BCUT2D eigenvalue weighted by molar-refractivity contribution is -0.128. The number of nitriles is 1. The van der Waals surface area contributed by atoms with Gasteiger partial charge >= 0.3 is 5.69 Å². The zero-order valence-corrected chi connectivity index (χ0v) is 25.4. The van der Waals surface area contributed by atoms with E-state index in [4.69, 9.17) is 15.2 Å². The molecule has 4 heterocycles. The van der Waals surface area contributed by atoms with Gasteiger partial charge in [0, 0.05) is 31.7 Å². The number of benzene rings is 2. The Kier molecular flexibility index (Phi) is 8.38. The van der Waals surface area contributed by atoms with Gasteiger partial charge in [-0.2, -0.15) is 5.26 Å². The maximum absolute atomic E-state index is 14.1. The molecule has 1 amide bonds. The monoisotopic (exact) mass is 608 g/mol. The fourth-order valence-corrected chi connectivity index (χ4v) is 6.17. The van der Waals surface area contributed by atoms with Crippen LogP contribution in [-0.4, -0.2) is 79.7 Å². The number of aromatic nitrogens is 4. The third kappa shape index (κ3) is 6.05. The molecule has 6 rings (SSSR count). The predicted molar refractivity (Wildman–Crippen MR) is 169 cm³/mol. The van der Waals surface area contributed by atoms with Gasteiger partial charge in [0.25, 0.3) is 5.91 Å². The highest BCUT2D eigenvalue weighted by Gasteiger charge is 2.33. The molecule has 0 saturated carbocycles. The lowest BCUT2D eigenvalue weighted by Gasteiger charge is -2.39. The molecule has 12 nitrogen and oxygen atoms in total. The molecule has 2 fully saturated rings. The molecular weight excluding hydrogens is 572 g/mol. The van der Waals surface area contributed by atoms with Gasteiger partial charge in [0.05, 0.1) is 24.9 Å². The van der Waals surface area contributed by atoms with Crippen molar-refractivity contribution < 1.29 is 14.3 Å². The molecular formula is C33H36N8O4. The van der Waals surface area contributed by atoms with Crippen LogP contribution in [0.5, 0.6) is 11.5 Å². The number of amides is 1. The number of hydrogen-bond acceptors (Lipinski definition) is 9. The van der Waals surface area contributed by atoms with Crippen molar-refractivity contribution in [2.75, 3.05) is 45.1 Å². The molecule has 0 radical (unpaired) electrons. The van der Waals surface area contributed by atoms with Crippen LogP contribution in [0.25, 0.3) is 16.9 Å². The van der Waals surface area contributed by atoms with Crippen molar-refractivity contribution in [3.63, 3.8) is 0 Å². The van der Waals surface area contributed by atoms with Crippen LogP contribution in [0.2, 0.25) is 0 Å². The second kappa shape index (κ2) is 12.6. The van der Waals surface area contributed by atoms with Crippen molar-refractivity contribution in [1.29, 1.82) is 5.26 Å². The summed E-state index contributed by atoms with van der Waals surface area (Å²) in [5, 5.41) is 10.0. The topological polar surface area (TPSA) is 145 Å². The van der Waals surface area contributed by atoms with Gasteiger partial charge in [-0.1, -0.05) is 18.2 Å². The minimum absolute atomic E-state index is 0.0892. The molecule has 2 N–H and O–H groups in total. The molecule has 1 atom stereocenters. The van der Waals surface area contributed by atoms with Gasteiger partial charge in [0.15, 0.2) is 11.5 Å². The van der Waals surface area contributed by atoms with Crippen LogP contribution in [0.1, 0.15) is 32.7 Å². The first-order valence-electron chi connectivity index (χ1n) is 15.1. The second-order valence-corrected chi connectivity index (χ2v) is 11.8. The summed E-state index contributed by atoms with van der Waals surface area (Å²) in [6.45, 7) is 7.42. The number of para-hydroxylation sites is 1. The van der Waals surface area contributed by atoms with E-state index in [1.165, 1.54) is 10.9 Å². The predicted octanol–water partition coefficient (Wildman–Crippen LogP) is 3.68. The normalized spacial score (nSPS) is 18.1. The van der Waals surface area contributed by atoms with Crippen molar-refractivity contribution in [3.05, 3.63) is 83.1 Å². The Bertz CT molecular complexity index is 1820. The molecule has 0 spiro atoms. The van der Waals surface area contributed by atoms with E-state index in [0.717, 1.165) is 13.1 Å². The number of rotatable bonds is 7. The van der Waals surface area contributed by atoms with Crippen LogP contribution in [0, 0.1) is 11.3 Å². The number of carbonyl (C=O) groups excluding carboxylic acids is 1. The Balaban J connectivity index is 1.30. The van der Waals surface area contributed by atoms with E-state index in [-0.39, 0.29) is 35.6 Å². The molecule has 45 heavy (non-hydrogen) atoms. The Hall–Kier alpha value is -4.99. The highest BCUT2D eigenvalue weighted by Crippen LogP contribution is 2.29. The number of imidazole rings is 1.